The average molecular weight is 261 g/mol. The molecule has 0 spiro atoms. The highest BCUT2D eigenvalue weighted by Crippen LogP contribution is 2.22. The third-order valence-electron chi connectivity index (χ3n) is 2.99. The second-order valence-electron chi connectivity index (χ2n) is 4.30. The van der Waals surface area contributed by atoms with Crippen molar-refractivity contribution in [1.29, 1.82) is 0 Å². The third-order valence-corrected chi connectivity index (χ3v) is 3.69. The highest BCUT2D eigenvalue weighted by atomic mass is 32.2. The van der Waals surface area contributed by atoms with E-state index in [0.29, 0.717) is 30.1 Å². The van der Waals surface area contributed by atoms with E-state index in [1.807, 2.05) is 6.07 Å². The van der Waals surface area contributed by atoms with E-state index in [4.69, 9.17) is 4.42 Å². The average Bonchev–Trinajstić information content (AvgIpc) is 2.95. The summed E-state index contributed by atoms with van der Waals surface area (Å²) in [7, 11) is 0. The maximum Gasteiger partial charge on any atom is 0.284 e. The van der Waals surface area contributed by atoms with Gasteiger partial charge < -0.3 is 9.73 Å². The largest absolute Gasteiger partial charge is 0.464 e. The normalized spacial score (nSPS) is 17.1. The summed E-state index contributed by atoms with van der Waals surface area (Å²) in [5, 5.41) is 3.43. The Bertz CT molecular complexity index is 337. The number of hydrogen-bond donors (Lipinski definition) is 1. The standard InChI is InChI=1S/C12H17F2NOS/c13-12(14)17-8-11-6-5-10(16-11)7-15-9-3-1-2-4-9/h5-6,9,12,15H,1-4,7-8H2. The number of nitrogens with one attached hydrogen (secondary N) is 1. The van der Waals surface area contributed by atoms with E-state index in [0.717, 1.165) is 5.76 Å². The van der Waals surface area contributed by atoms with Crippen LogP contribution in [0.3, 0.4) is 0 Å². The maximum absolute atomic E-state index is 12.0. The van der Waals surface area contributed by atoms with Crippen LogP contribution in [0.1, 0.15) is 37.2 Å². The summed E-state index contributed by atoms with van der Waals surface area (Å²) in [6, 6.07) is 4.24. The fourth-order valence-corrected chi connectivity index (χ4v) is 2.56. The smallest absolute Gasteiger partial charge is 0.284 e. The molecular weight excluding hydrogens is 244 g/mol. The van der Waals surface area contributed by atoms with Gasteiger partial charge in [-0.1, -0.05) is 24.6 Å². The highest BCUT2D eigenvalue weighted by Gasteiger charge is 2.14. The zero-order chi connectivity index (χ0) is 12.1. The fourth-order valence-electron chi connectivity index (χ4n) is 2.11. The SMILES string of the molecule is FC(F)SCc1ccc(CNC2CCCC2)o1. The van der Waals surface area contributed by atoms with Gasteiger partial charge in [0.25, 0.3) is 5.76 Å². The van der Waals surface area contributed by atoms with Crippen molar-refractivity contribution in [3.63, 3.8) is 0 Å². The Kier molecular flexibility index (Phi) is 4.86. The molecule has 0 saturated heterocycles. The third kappa shape index (κ3) is 4.32. The molecule has 2 nitrogen and oxygen atoms in total. The van der Waals surface area contributed by atoms with E-state index in [1.165, 1.54) is 25.7 Å². The van der Waals surface area contributed by atoms with Crippen molar-refractivity contribution in [2.24, 2.45) is 0 Å². The number of alkyl halides is 2. The lowest BCUT2D eigenvalue weighted by Crippen LogP contribution is -2.24. The number of thioether (sulfide) groups is 1. The molecule has 1 aromatic heterocycles. The number of halogens is 2. The second-order valence-corrected chi connectivity index (χ2v) is 5.28. The molecular formula is C12H17F2NOS. The molecule has 0 atom stereocenters. The Morgan fingerprint density at radius 1 is 1.29 bits per heavy atom. The first kappa shape index (κ1) is 12.9. The van der Waals surface area contributed by atoms with Crippen LogP contribution in [0.4, 0.5) is 8.78 Å². The summed E-state index contributed by atoms with van der Waals surface area (Å²) in [5.74, 6) is -0.637. The van der Waals surface area contributed by atoms with Crippen molar-refractivity contribution in [3.8, 4) is 0 Å². The van der Waals surface area contributed by atoms with Crippen molar-refractivity contribution in [2.75, 3.05) is 0 Å². The lowest BCUT2D eigenvalue weighted by Gasteiger charge is -2.09. The second kappa shape index (κ2) is 6.40. The van der Waals surface area contributed by atoms with Crippen molar-refractivity contribution in [1.82, 2.24) is 5.32 Å². The van der Waals surface area contributed by atoms with Gasteiger partial charge in [-0.15, -0.1) is 0 Å². The summed E-state index contributed by atoms with van der Waals surface area (Å²) in [6.45, 7) is 0.698. The van der Waals surface area contributed by atoms with Crippen LogP contribution in [0.2, 0.25) is 0 Å². The van der Waals surface area contributed by atoms with Crippen LogP contribution in [-0.2, 0) is 12.3 Å². The monoisotopic (exact) mass is 261 g/mol. The molecule has 1 aliphatic carbocycles. The number of furan rings is 1. The predicted octanol–water partition coefficient (Wildman–Crippen LogP) is 3.77. The van der Waals surface area contributed by atoms with Crippen molar-refractivity contribution < 1.29 is 13.2 Å². The quantitative estimate of drug-likeness (QED) is 0.844. The van der Waals surface area contributed by atoms with E-state index in [-0.39, 0.29) is 5.75 Å². The maximum atomic E-state index is 12.0. The van der Waals surface area contributed by atoms with Crippen molar-refractivity contribution in [3.05, 3.63) is 23.7 Å². The van der Waals surface area contributed by atoms with Crippen molar-refractivity contribution in [2.45, 2.75) is 49.8 Å². The summed E-state index contributed by atoms with van der Waals surface area (Å²) >= 11 is 0.594. The van der Waals surface area contributed by atoms with Crippen LogP contribution in [0, 0.1) is 0 Å². The zero-order valence-corrected chi connectivity index (χ0v) is 10.4. The predicted molar refractivity (Wildman–Crippen MR) is 65.1 cm³/mol. The molecule has 1 aromatic rings. The molecule has 5 heteroatoms. The molecule has 0 aromatic carbocycles. The van der Waals surface area contributed by atoms with E-state index in [9.17, 15) is 8.78 Å². The number of rotatable bonds is 6. The molecule has 0 amide bonds. The van der Waals surface area contributed by atoms with Gasteiger partial charge in [0, 0.05) is 6.04 Å². The number of hydrogen-bond acceptors (Lipinski definition) is 3. The van der Waals surface area contributed by atoms with E-state index < -0.39 is 5.76 Å². The minimum atomic E-state index is -2.33. The van der Waals surface area contributed by atoms with Gasteiger partial charge in [-0.3, -0.25) is 0 Å². The summed E-state index contributed by atoms with van der Waals surface area (Å²) in [5.41, 5.74) is 0. The first-order chi connectivity index (χ1) is 8.24. The summed E-state index contributed by atoms with van der Waals surface area (Å²) in [4.78, 5) is 0. The Hall–Kier alpha value is -0.550. The lowest BCUT2D eigenvalue weighted by molar-refractivity contribution is 0.251. The molecule has 1 aliphatic rings. The molecule has 96 valence electrons. The van der Waals surface area contributed by atoms with Crippen LogP contribution in [-0.4, -0.2) is 11.8 Å². The van der Waals surface area contributed by atoms with E-state index in [1.54, 1.807) is 6.07 Å². The first-order valence-corrected chi connectivity index (χ1v) is 6.99. The zero-order valence-electron chi connectivity index (χ0n) is 9.62. The fraction of sp³-hybridized carbons (Fsp3) is 0.667. The highest BCUT2D eigenvalue weighted by molar-refractivity contribution is 7.98. The van der Waals surface area contributed by atoms with Crippen LogP contribution in [0.15, 0.2) is 16.5 Å². The molecule has 1 heterocycles. The first-order valence-electron chi connectivity index (χ1n) is 5.95. The molecule has 0 radical (unpaired) electrons. The van der Waals surface area contributed by atoms with Crippen LogP contribution in [0.5, 0.6) is 0 Å². The van der Waals surface area contributed by atoms with Gasteiger partial charge in [-0.25, -0.2) is 0 Å². The van der Waals surface area contributed by atoms with Crippen LogP contribution in [0.25, 0.3) is 0 Å². The van der Waals surface area contributed by atoms with Gasteiger partial charge in [-0.2, -0.15) is 8.78 Å². The van der Waals surface area contributed by atoms with Gasteiger partial charge in [0.15, 0.2) is 0 Å². The Morgan fingerprint density at radius 3 is 2.71 bits per heavy atom. The summed E-state index contributed by atoms with van der Waals surface area (Å²) < 4.78 is 29.5. The lowest BCUT2D eigenvalue weighted by atomic mass is 10.2. The van der Waals surface area contributed by atoms with E-state index in [2.05, 4.69) is 5.32 Å². The molecule has 1 fully saturated rings. The molecule has 2 rings (SSSR count). The molecule has 0 unspecified atom stereocenters. The van der Waals surface area contributed by atoms with Gasteiger partial charge in [-0.05, 0) is 25.0 Å². The molecule has 0 aliphatic heterocycles. The van der Waals surface area contributed by atoms with E-state index >= 15 is 0 Å². The van der Waals surface area contributed by atoms with Crippen LogP contribution < -0.4 is 5.32 Å². The van der Waals surface area contributed by atoms with Crippen molar-refractivity contribution >= 4 is 11.8 Å². The molecule has 0 bridgehead atoms. The Labute approximate surface area is 104 Å². The van der Waals surface area contributed by atoms with Gasteiger partial charge in [0.2, 0.25) is 0 Å². The van der Waals surface area contributed by atoms with Gasteiger partial charge >= 0.3 is 0 Å². The van der Waals surface area contributed by atoms with Crippen LogP contribution >= 0.6 is 11.8 Å². The minimum Gasteiger partial charge on any atom is -0.464 e. The molecule has 17 heavy (non-hydrogen) atoms. The Morgan fingerprint density at radius 2 is 2.00 bits per heavy atom. The molecule has 1 saturated carbocycles. The van der Waals surface area contributed by atoms with Gasteiger partial charge in [0.05, 0.1) is 12.3 Å². The minimum absolute atomic E-state index is 0.237. The van der Waals surface area contributed by atoms with Gasteiger partial charge in [0.1, 0.15) is 11.5 Å². The molecule has 1 N–H and O–H groups in total. The Balaban J connectivity index is 1.73. The summed E-state index contributed by atoms with van der Waals surface area (Å²) in [6.07, 6.45) is 5.06. The topological polar surface area (TPSA) is 25.2 Å².